The van der Waals surface area contributed by atoms with E-state index >= 15 is 0 Å². The highest BCUT2D eigenvalue weighted by molar-refractivity contribution is 6.05. The number of anilines is 1. The molecule has 3 aromatic rings. The number of aryl methyl sites for hydroxylation is 1. The number of aromatic nitrogens is 2. The van der Waals surface area contributed by atoms with Crippen molar-refractivity contribution in [3.8, 4) is 0 Å². The van der Waals surface area contributed by atoms with Gasteiger partial charge < -0.3 is 10.2 Å². The molecule has 0 spiro atoms. The second-order valence-corrected chi connectivity index (χ2v) is 6.72. The molecule has 0 bridgehead atoms. The number of nitrogens with one attached hydrogen (secondary N) is 1. The number of hydrogen-bond donors (Lipinski definition) is 1. The minimum absolute atomic E-state index is 0.318. The van der Waals surface area contributed by atoms with Crippen LogP contribution in [-0.2, 0) is 16.2 Å². The largest absolute Gasteiger partial charge is 0.382 e. The number of hydrogen-bond acceptors (Lipinski definition) is 4. The van der Waals surface area contributed by atoms with Crippen LogP contribution in [0.1, 0.15) is 23.1 Å². The SMILES string of the molecule is Cc1ccc(Cn2ccc(NC(=O)C3CC(c4ccc(F)cc4)=NO3)n2)cc1. The number of benzene rings is 2. The van der Waals surface area contributed by atoms with Gasteiger partial charge in [0.05, 0.1) is 12.3 Å². The molecule has 28 heavy (non-hydrogen) atoms. The molecule has 0 aliphatic carbocycles. The molecule has 1 aliphatic rings. The van der Waals surface area contributed by atoms with Gasteiger partial charge in [-0.25, -0.2) is 4.39 Å². The number of carbonyl (C=O) groups excluding carboxylic acids is 1. The minimum Gasteiger partial charge on any atom is -0.382 e. The van der Waals surface area contributed by atoms with E-state index in [1.165, 1.54) is 17.7 Å². The molecule has 142 valence electrons. The van der Waals surface area contributed by atoms with Gasteiger partial charge in [-0.1, -0.05) is 47.1 Å². The molecule has 1 N–H and O–H groups in total. The summed E-state index contributed by atoms with van der Waals surface area (Å²) in [5.41, 5.74) is 3.68. The Hall–Kier alpha value is -3.48. The van der Waals surface area contributed by atoms with Gasteiger partial charge in [0.15, 0.2) is 5.82 Å². The molecule has 6 nitrogen and oxygen atoms in total. The number of rotatable bonds is 5. The van der Waals surface area contributed by atoms with Crippen LogP contribution in [0, 0.1) is 12.7 Å². The van der Waals surface area contributed by atoms with Crippen molar-refractivity contribution in [2.45, 2.75) is 26.0 Å². The molecule has 1 aromatic heterocycles. The molecule has 7 heteroatoms. The highest BCUT2D eigenvalue weighted by Gasteiger charge is 2.29. The van der Waals surface area contributed by atoms with Crippen molar-refractivity contribution >= 4 is 17.4 Å². The first-order chi connectivity index (χ1) is 13.6. The van der Waals surface area contributed by atoms with Crippen LogP contribution in [0.25, 0.3) is 0 Å². The monoisotopic (exact) mass is 378 g/mol. The van der Waals surface area contributed by atoms with Gasteiger partial charge in [-0.2, -0.15) is 5.10 Å². The molecule has 0 radical (unpaired) electrons. The predicted octanol–water partition coefficient (Wildman–Crippen LogP) is 3.51. The van der Waals surface area contributed by atoms with Gasteiger partial charge in [-0.3, -0.25) is 9.48 Å². The number of amides is 1. The van der Waals surface area contributed by atoms with Gasteiger partial charge >= 0.3 is 0 Å². The summed E-state index contributed by atoms with van der Waals surface area (Å²) in [7, 11) is 0. The van der Waals surface area contributed by atoms with E-state index in [1.54, 1.807) is 22.9 Å². The highest BCUT2D eigenvalue weighted by atomic mass is 19.1. The third kappa shape index (κ3) is 4.09. The number of oxime groups is 1. The maximum Gasteiger partial charge on any atom is 0.269 e. The zero-order valence-electron chi connectivity index (χ0n) is 15.3. The Morgan fingerprint density at radius 1 is 1.18 bits per heavy atom. The van der Waals surface area contributed by atoms with Crippen molar-refractivity contribution in [2.75, 3.05) is 5.32 Å². The number of halogens is 1. The Bertz CT molecular complexity index is 1010. The van der Waals surface area contributed by atoms with E-state index in [4.69, 9.17) is 4.84 Å². The van der Waals surface area contributed by atoms with Crippen LogP contribution in [-0.4, -0.2) is 27.5 Å². The average molecular weight is 378 g/mol. The smallest absolute Gasteiger partial charge is 0.269 e. The zero-order valence-corrected chi connectivity index (χ0v) is 15.3. The van der Waals surface area contributed by atoms with Gasteiger partial charge in [-0.05, 0) is 30.2 Å². The van der Waals surface area contributed by atoms with Gasteiger partial charge in [0.1, 0.15) is 5.82 Å². The molecular weight excluding hydrogens is 359 g/mol. The lowest BCUT2D eigenvalue weighted by Crippen LogP contribution is -2.28. The lowest BCUT2D eigenvalue weighted by molar-refractivity contribution is -0.125. The standard InChI is InChI=1S/C21H19FN4O2/c1-14-2-4-15(5-3-14)13-26-11-10-20(24-26)23-21(27)19-12-18(25-28-19)16-6-8-17(22)9-7-16/h2-11,19H,12-13H2,1H3,(H,23,24,27). The van der Waals surface area contributed by atoms with Crippen molar-refractivity contribution in [1.29, 1.82) is 0 Å². The Labute approximate surface area is 161 Å². The third-order valence-corrected chi connectivity index (χ3v) is 4.50. The van der Waals surface area contributed by atoms with Gasteiger partial charge in [0.2, 0.25) is 6.10 Å². The summed E-state index contributed by atoms with van der Waals surface area (Å²) in [6.45, 7) is 2.66. The zero-order chi connectivity index (χ0) is 19.5. The Morgan fingerprint density at radius 3 is 2.68 bits per heavy atom. The molecule has 2 aromatic carbocycles. The lowest BCUT2D eigenvalue weighted by Gasteiger charge is -2.07. The van der Waals surface area contributed by atoms with E-state index in [2.05, 4.69) is 39.8 Å². The summed E-state index contributed by atoms with van der Waals surface area (Å²) in [5.74, 6) is -0.184. The van der Waals surface area contributed by atoms with Crippen molar-refractivity contribution in [3.05, 3.63) is 83.3 Å². The van der Waals surface area contributed by atoms with E-state index in [1.807, 2.05) is 13.1 Å². The van der Waals surface area contributed by atoms with Crippen molar-refractivity contribution in [3.63, 3.8) is 0 Å². The van der Waals surface area contributed by atoms with E-state index in [0.29, 0.717) is 24.5 Å². The van der Waals surface area contributed by atoms with Crippen LogP contribution < -0.4 is 5.32 Å². The van der Waals surface area contributed by atoms with Crippen LogP contribution in [0.15, 0.2) is 65.9 Å². The summed E-state index contributed by atoms with van der Waals surface area (Å²) < 4.78 is 14.8. The summed E-state index contributed by atoms with van der Waals surface area (Å²) in [4.78, 5) is 17.7. The second kappa shape index (κ2) is 7.64. The van der Waals surface area contributed by atoms with Crippen LogP contribution in [0.4, 0.5) is 10.2 Å². The molecule has 0 saturated heterocycles. The van der Waals surface area contributed by atoms with Gasteiger partial charge in [0.25, 0.3) is 5.91 Å². The summed E-state index contributed by atoms with van der Waals surface area (Å²) >= 11 is 0. The average Bonchev–Trinajstić information content (AvgIpc) is 3.34. The first-order valence-electron chi connectivity index (χ1n) is 8.95. The van der Waals surface area contributed by atoms with Crippen LogP contribution in [0.5, 0.6) is 0 Å². The summed E-state index contributed by atoms with van der Waals surface area (Å²) in [5, 5.41) is 11.1. The summed E-state index contributed by atoms with van der Waals surface area (Å²) in [6, 6.07) is 15.9. The van der Waals surface area contributed by atoms with Crippen LogP contribution >= 0.6 is 0 Å². The van der Waals surface area contributed by atoms with E-state index in [-0.39, 0.29) is 11.7 Å². The fourth-order valence-electron chi connectivity index (χ4n) is 2.93. The van der Waals surface area contributed by atoms with Gasteiger partial charge in [-0.15, -0.1) is 0 Å². The first kappa shape index (κ1) is 17.9. The Kier molecular flexibility index (Phi) is 4.89. The molecule has 1 aliphatic heterocycles. The minimum atomic E-state index is -0.734. The molecule has 0 fully saturated rings. The normalized spacial score (nSPS) is 15.8. The second-order valence-electron chi connectivity index (χ2n) is 6.72. The molecule has 1 unspecified atom stereocenters. The molecule has 1 atom stereocenters. The first-order valence-corrected chi connectivity index (χ1v) is 8.95. The Morgan fingerprint density at radius 2 is 1.93 bits per heavy atom. The quantitative estimate of drug-likeness (QED) is 0.739. The van der Waals surface area contributed by atoms with Gasteiger partial charge in [0, 0.05) is 18.7 Å². The maximum absolute atomic E-state index is 13.0. The molecular formula is C21H19FN4O2. The number of carbonyl (C=O) groups is 1. The fourth-order valence-corrected chi connectivity index (χ4v) is 2.93. The van der Waals surface area contributed by atoms with Crippen molar-refractivity contribution < 1.29 is 14.0 Å². The molecule has 1 amide bonds. The highest BCUT2D eigenvalue weighted by Crippen LogP contribution is 2.18. The summed E-state index contributed by atoms with van der Waals surface area (Å²) in [6.07, 6.45) is 1.40. The lowest BCUT2D eigenvalue weighted by atomic mass is 10.0. The van der Waals surface area contributed by atoms with Crippen molar-refractivity contribution in [1.82, 2.24) is 9.78 Å². The van der Waals surface area contributed by atoms with E-state index in [9.17, 15) is 9.18 Å². The van der Waals surface area contributed by atoms with E-state index in [0.717, 1.165) is 11.1 Å². The maximum atomic E-state index is 13.0. The Balaban J connectivity index is 1.34. The third-order valence-electron chi connectivity index (χ3n) is 4.50. The van der Waals surface area contributed by atoms with Crippen LogP contribution in [0.3, 0.4) is 0 Å². The molecule has 4 rings (SSSR count). The van der Waals surface area contributed by atoms with E-state index < -0.39 is 6.10 Å². The molecule has 2 heterocycles. The predicted molar refractivity (Wildman–Crippen MR) is 104 cm³/mol. The number of nitrogens with zero attached hydrogens (tertiary/aromatic N) is 3. The fraction of sp³-hybridized carbons (Fsp3) is 0.190. The topological polar surface area (TPSA) is 68.5 Å². The van der Waals surface area contributed by atoms with Crippen molar-refractivity contribution in [2.24, 2.45) is 5.16 Å². The molecule has 0 saturated carbocycles. The van der Waals surface area contributed by atoms with Crippen LogP contribution in [0.2, 0.25) is 0 Å².